The zero-order chi connectivity index (χ0) is 17.8. The van der Waals surface area contributed by atoms with Crippen molar-refractivity contribution in [1.82, 2.24) is 9.80 Å². The van der Waals surface area contributed by atoms with Crippen molar-refractivity contribution in [3.8, 4) is 11.5 Å². The lowest BCUT2D eigenvalue weighted by Crippen LogP contribution is -2.30. The first-order valence-electron chi connectivity index (χ1n) is 9.34. The van der Waals surface area contributed by atoms with Crippen LogP contribution < -0.4 is 9.47 Å². The van der Waals surface area contributed by atoms with Crippen molar-refractivity contribution < 1.29 is 13.9 Å². The predicted molar refractivity (Wildman–Crippen MR) is 99.0 cm³/mol. The van der Waals surface area contributed by atoms with E-state index in [4.69, 9.17) is 9.47 Å². The maximum absolute atomic E-state index is 13.1. The fourth-order valence-corrected chi connectivity index (χ4v) is 3.63. The predicted octanol–water partition coefficient (Wildman–Crippen LogP) is 3.30. The lowest BCUT2D eigenvalue weighted by molar-refractivity contribution is 0.171. The molecule has 2 heterocycles. The molecule has 2 aromatic rings. The highest BCUT2D eigenvalue weighted by Crippen LogP contribution is 2.31. The Balaban J connectivity index is 1.33. The topological polar surface area (TPSA) is 24.9 Å². The largest absolute Gasteiger partial charge is 0.486 e. The fraction of sp³-hybridized carbons (Fsp3) is 0.429. The molecule has 0 aliphatic carbocycles. The summed E-state index contributed by atoms with van der Waals surface area (Å²) in [6.07, 6.45) is 1.14. The van der Waals surface area contributed by atoms with Gasteiger partial charge in [0.2, 0.25) is 0 Å². The molecule has 26 heavy (non-hydrogen) atoms. The Hall–Kier alpha value is -2.11. The third-order valence-electron chi connectivity index (χ3n) is 5.01. The van der Waals surface area contributed by atoms with E-state index in [-0.39, 0.29) is 5.82 Å². The van der Waals surface area contributed by atoms with Crippen LogP contribution in [0.5, 0.6) is 11.5 Å². The number of nitrogens with zero attached hydrogens (tertiary/aromatic N) is 2. The van der Waals surface area contributed by atoms with E-state index in [1.807, 2.05) is 18.2 Å². The first-order valence-corrected chi connectivity index (χ1v) is 9.34. The van der Waals surface area contributed by atoms with Crippen molar-refractivity contribution in [3.05, 3.63) is 59.4 Å². The van der Waals surface area contributed by atoms with Crippen molar-refractivity contribution in [3.63, 3.8) is 0 Å². The summed E-state index contributed by atoms with van der Waals surface area (Å²) < 4.78 is 24.3. The molecule has 1 saturated heterocycles. The van der Waals surface area contributed by atoms with Crippen LogP contribution >= 0.6 is 0 Å². The molecule has 4 nitrogen and oxygen atoms in total. The van der Waals surface area contributed by atoms with E-state index in [9.17, 15) is 4.39 Å². The maximum atomic E-state index is 13.1. The number of ether oxygens (including phenoxy) is 2. The molecule has 0 unspecified atom stereocenters. The average molecular weight is 356 g/mol. The van der Waals surface area contributed by atoms with E-state index in [1.54, 1.807) is 12.1 Å². The molecule has 5 heteroatoms. The summed E-state index contributed by atoms with van der Waals surface area (Å²) in [5, 5.41) is 0. The Labute approximate surface area is 154 Å². The summed E-state index contributed by atoms with van der Waals surface area (Å²) in [5.41, 5.74) is 2.44. The Morgan fingerprint density at radius 1 is 0.731 bits per heavy atom. The van der Waals surface area contributed by atoms with Crippen LogP contribution in [0.2, 0.25) is 0 Å². The minimum absolute atomic E-state index is 0.171. The molecule has 0 spiro atoms. The second kappa shape index (κ2) is 8.06. The van der Waals surface area contributed by atoms with Gasteiger partial charge in [-0.3, -0.25) is 9.80 Å². The highest BCUT2D eigenvalue weighted by atomic mass is 19.1. The second-order valence-electron chi connectivity index (χ2n) is 7.01. The lowest BCUT2D eigenvalue weighted by Gasteiger charge is -2.23. The first kappa shape index (κ1) is 17.3. The van der Waals surface area contributed by atoms with E-state index in [0.29, 0.717) is 13.2 Å². The van der Waals surface area contributed by atoms with Gasteiger partial charge in [0.25, 0.3) is 0 Å². The van der Waals surface area contributed by atoms with Gasteiger partial charge in [-0.2, -0.15) is 0 Å². The van der Waals surface area contributed by atoms with Crippen molar-refractivity contribution >= 4 is 0 Å². The Bertz CT molecular complexity index is 735. The van der Waals surface area contributed by atoms with Crippen LogP contribution in [0.15, 0.2) is 42.5 Å². The van der Waals surface area contributed by atoms with Crippen LogP contribution in [0.4, 0.5) is 4.39 Å². The molecule has 138 valence electrons. The number of hydrogen-bond acceptors (Lipinski definition) is 4. The minimum Gasteiger partial charge on any atom is -0.486 e. The zero-order valence-corrected chi connectivity index (χ0v) is 15.0. The Kier molecular flexibility index (Phi) is 5.37. The summed E-state index contributed by atoms with van der Waals surface area (Å²) in [5.74, 6) is 1.54. The van der Waals surface area contributed by atoms with Gasteiger partial charge in [0, 0.05) is 26.2 Å². The average Bonchev–Trinajstić information content (AvgIpc) is 2.89. The van der Waals surface area contributed by atoms with Gasteiger partial charge in [-0.05, 0) is 54.9 Å². The maximum Gasteiger partial charge on any atom is 0.161 e. The van der Waals surface area contributed by atoms with Crippen molar-refractivity contribution in [2.45, 2.75) is 19.5 Å². The SMILES string of the molecule is Fc1ccc(CN2CCCN(Cc3ccc4c(c3)OCCO4)CC2)cc1. The smallest absolute Gasteiger partial charge is 0.161 e. The summed E-state index contributed by atoms with van der Waals surface area (Å²) in [7, 11) is 0. The number of fused-ring (bicyclic) bond motifs is 1. The molecule has 2 aromatic carbocycles. The highest BCUT2D eigenvalue weighted by molar-refractivity contribution is 5.43. The van der Waals surface area contributed by atoms with E-state index < -0.39 is 0 Å². The van der Waals surface area contributed by atoms with Gasteiger partial charge in [0.15, 0.2) is 11.5 Å². The number of hydrogen-bond donors (Lipinski definition) is 0. The summed E-state index contributed by atoms with van der Waals surface area (Å²) in [4.78, 5) is 4.95. The molecule has 0 N–H and O–H groups in total. The van der Waals surface area contributed by atoms with Crippen LogP contribution in [-0.4, -0.2) is 49.2 Å². The van der Waals surface area contributed by atoms with Crippen molar-refractivity contribution in [1.29, 1.82) is 0 Å². The minimum atomic E-state index is -0.171. The van der Waals surface area contributed by atoms with Crippen molar-refractivity contribution in [2.24, 2.45) is 0 Å². The van der Waals surface area contributed by atoms with Crippen LogP contribution in [0.3, 0.4) is 0 Å². The summed E-state index contributed by atoms with van der Waals surface area (Å²) in [6, 6.07) is 13.1. The quantitative estimate of drug-likeness (QED) is 0.839. The molecule has 0 aromatic heterocycles. The van der Waals surface area contributed by atoms with Crippen LogP contribution in [-0.2, 0) is 13.1 Å². The molecule has 4 rings (SSSR count). The van der Waals surface area contributed by atoms with Crippen LogP contribution in [0, 0.1) is 5.82 Å². The molecule has 0 atom stereocenters. The fourth-order valence-electron chi connectivity index (χ4n) is 3.63. The third kappa shape index (κ3) is 4.34. The highest BCUT2D eigenvalue weighted by Gasteiger charge is 2.17. The van der Waals surface area contributed by atoms with E-state index in [1.165, 1.54) is 11.1 Å². The number of benzene rings is 2. The van der Waals surface area contributed by atoms with Gasteiger partial charge in [0.05, 0.1) is 0 Å². The second-order valence-corrected chi connectivity index (χ2v) is 7.01. The monoisotopic (exact) mass is 356 g/mol. The Morgan fingerprint density at radius 2 is 1.35 bits per heavy atom. The van der Waals surface area contributed by atoms with Crippen LogP contribution in [0.1, 0.15) is 17.5 Å². The van der Waals surface area contributed by atoms with E-state index in [0.717, 1.165) is 57.2 Å². The first-order chi connectivity index (χ1) is 12.8. The Morgan fingerprint density at radius 3 is 2.08 bits per heavy atom. The van der Waals surface area contributed by atoms with Gasteiger partial charge < -0.3 is 9.47 Å². The molecular formula is C21H25FN2O2. The van der Waals surface area contributed by atoms with E-state index >= 15 is 0 Å². The van der Waals surface area contributed by atoms with Crippen LogP contribution in [0.25, 0.3) is 0 Å². The van der Waals surface area contributed by atoms with E-state index in [2.05, 4.69) is 21.9 Å². The molecule has 2 aliphatic rings. The number of halogens is 1. The van der Waals surface area contributed by atoms with Gasteiger partial charge in [0.1, 0.15) is 19.0 Å². The normalized spacial score (nSPS) is 18.5. The molecule has 0 saturated carbocycles. The van der Waals surface area contributed by atoms with Gasteiger partial charge in [-0.15, -0.1) is 0 Å². The molecule has 2 aliphatic heterocycles. The zero-order valence-electron chi connectivity index (χ0n) is 15.0. The van der Waals surface area contributed by atoms with Gasteiger partial charge in [-0.25, -0.2) is 4.39 Å². The molecule has 0 bridgehead atoms. The standard InChI is InChI=1S/C21H25FN2O2/c22-19-5-2-17(3-6-19)15-23-8-1-9-24(11-10-23)16-18-4-7-20-21(14-18)26-13-12-25-20/h2-7,14H,1,8-13,15-16H2. The van der Waals surface area contributed by atoms with Gasteiger partial charge >= 0.3 is 0 Å². The van der Waals surface area contributed by atoms with Crippen molar-refractivity contribution in [2.75, 3.05) is 39.4 Å². The molecular weight excluding hydrogens is 331 g/mol. The number of rotatable bonds is 4. The summed E-state index contributed by atoms with van der Waals surface area (Å²) >= 11 is 0. The molecule has 0 radical (unpaired) electrons. The molecule has 0 amide bonds. The summed E-state index contributed by atoms with van der Waals surface area (Å²) in [6.45, 7) is 7.31. The molecule has 1 fully saturated rings. The van der Waals surface area contributed by atoms with Gasteiger partial charge in [-0.1, -0.05) is 18.2 Å². The lowest BCUT2D eigenvalue weighted by atomic mass is 10.1. The third-order valence-corrected chi connectivity index (χ3v) is 5.01.